The van der Waals surface area contributed by atoms with Gasteiger partial charge in [-0.3, -0.25) is 0 Å². The van der Waals surface area contributed by atoms with Gasteiger partial charge in [0.25, 0.3) is 0 Å². The third-order valence-corrected chi connectivity index (χ3v) is 6.29. The SMILES string of the molecule is C[C](C)(C)[Sn][c]1ccc(OCc2ccccc2)nc1. The molecule has 0 saturated heterocycles. The van der Waals surface area contributed by atoms with Crippen molar-refractivity contribution < 1.29 is 4.74 Å². The molecule has 2 aromatic rings. The van der Waals surface area contributed by atoms with Crippen LogP contribution in [0.1, 0.15) is 26.3 Å². The van der Waals surface area contributed by atoms with Crippen molar-refractivity contribution in [1.82, 2.24) is 4.98 Å². The van der Waals surface area contributed by atoms with E-state index in [1.54, 1.807) is 0 Å². The summed E-state index contributed by atoms with van der Waals surface area (Å²) in [7, 11) is 0. The monoisotopic (exact) mass is 361 g/mol. The number of ether oxygens (including phenoxy) is 1. The molecule has 0 unspecified atom stereocenters. The first kappa shape index (κ1) is 14.4. The van der Waals surface area contributed by atoms with Crippen LogP contribution in [-0.4, -0.2) is 26.1 Å². The molecule has 2 nitrogen and oxygen atoms in total. The average Bonchev–Trinajstić information content (AvgIpc) is 2.37. The number of rotatable bonds is 4. The Labute approximate surface area is 125 Å². The topological polar surface area (TPSA) is 22.1 Å². The first-order valence-electron chi connectivity index (χ1n) is 6.44. The molecule has 98 valence electrons. The molecule has 0 amide bonds. The average molecular weight is 360 g/mol. The zero-order valence-electron chi connectivity index (χ0n) is 11.7. The van der Waals surface area contributed by atoms with Crippen LogP contribution < -0.4 is 8.32 Å². The summed E-state index contributed by atoms with van der Waals surface area (Å²) in [4.78, 5) is 4.40. The van der Waals surface area contributed by atoms with E-state index >= 15 is 0 Å². The molecule has 1 heterocycles. The van der Waals surface area contributed by atoms with Crippen LogP contribution in [0.15, 0.2) is 48.7 Å². The van der Waals surface area contributed by atoms with Crippen LogP contribution in [0, 0.1) is 0 Å². The Hall–Kier alpha value is -1.03. The van der Waals surface area contributed by atoms with Gasteiger partial charge in [-0.2, -0.15) is 0 Å². The van der Waals surface area contributed by atoms with Gasteiger partial charge in [0.05, 0.1) is 0 Å². The third-order valence-electron chi connectivity index (χ3n) is 2.49. The molecule has 19 heavy (non-hydrogen) atoms. The predicted molar refractivity (Wildman–Crippen MR) is 80.1 cm³/mol. The van der Waals surface area contributed by atoms with Crippen molar-refractivity contribution in [2.75, 3.05) is 0 Å². The van der Waals surface area contributed by atoms with Gasteiger partial charge in [-0.25, -0.2) is 0 Å². The molecule has 0 aliphatic carbocycles. The van der Waals surface area contributed by atoms with Gasteiger partial charge < -0.3 is 0 Å². The van der Waals surface area contributed by atoms with Gasteiger partial charge in [-0.05, 0) is 0 Å². The Bertz CT molecular complexity index is 503. The molecule has 0 bridgehead atoms. The number of pyridine rings is 1. The van der Waals surface area contributed by atoms with Crippen LogP contribution in [0.3, 0.4) is 0 Å². The number of hydrogen-bond donors (Lipinski definition) is 0. The molecule has 0 spiro atoms. The maximum atomic E-state index is 5.68. The summed E-state index contributed by atoms with van der Waals surface area (Å²) >= 11 is -0.563. The molecular weight excluding hydrogens is 341 g/mol. The second-order valence-electron chi connectivity index (χ2n) is 5.53. The van der Waals surface area contributed by atoms with E-state index in [2.05, 4.69) is 44.0 Å². The first-order chi connectivity index (χ1) is 9.03. The molecule has 0 fully saturated rings. The quantitative estimate of drug-likeness (QED) is 0.782. The molecule has 0 N–H and O–H groups in total. The van der Waals surface area contributed by atoms with Gasteiger partial charge in [0.1, 0.15) is 0 Å². The fourth-order valence-corrected chi connectivity index (χ4v) is 5.02. The normalized spacial score (nSPS) is 11.3. The summed E-state index contributed by atoms with van der Waals surface area (Å²) in [5, 5.41) is 0. The van der Waals surface area contributed by atoms with Crippen molar-refractivity contribution in [2.45, 2.75) is 30.8 Å². The predicted octanol–water partition coefficient (Wildman–Crippen LogP) is 3.21. The second-order valence-corrected chi connectivity index (χ2v) is 12.2. The Morgan fingerprint density at radius 1 is 1.05 bits per heavy atom. The number of benzene rings is 1. The molecule has 2 radical (unpaired) electrons. The summed E-state index contributed by atoms with van der Waals surface area (Å²) in [5.74, 6) is 0.709. The maximum absolute atomic E-state index is 5.68. The van der Waals surface area contributed by atoms with E-state index < -0.39 is 21.1 Å². The van der Waals surface area contributed by atoms with Crippen molar-refractivity contribution in [3.8, 4) is 5.88 Å². The van der Waals surface area contributed by atoms with Crippen LogP contribution in [0.25, 0.3) is 0 Å². The van der Waals surface area contributed by atoms with Gasteiger partial charge in [0.15, 0.2) is 0 Å². The van der Waals surface area contributed by atoms with E-state index in [1.165, 1.54) is 9.14 Å². The van der Waals surface area contributed by atoms with Gasteiger partial charge in [0, 0.05) is 0 Å². The molecule has 0 saturated carbocycles. The van der Waals surface area contributed by atoms with Gasteiger partial charge in [-0.15, -0.1) is 0 Å². The van der Waals surface area contributed by atoms with Crippen molar-refractivity contribution in [3.63, 3.8) is 0 Å². The minimum atomic E-state index is -0.563. The molecule has 1 aromatic carbocycles. The summed E-state index contributed by atoms with van der Waals surface area (Å²) in [6.07, 6.45) is 1.98. The fraction of sp³-hybridized carbons (Fsp3) is 0.312. The summed E-state index contributed by atoms with van der Waals surface area (Å²) < 4.78 is 7.56. The Kier molecular flexibility index (Phi) is 4.86. The Morgan fingerprint density at radius 2 is 1.79 bits per heavy atom. The van der Waals surface area contributed by atoms with E-state index in [9.17, 15) is 0 Å². The van der Waals surface area contributed by atoms with Crippen LogP contribution in [0.5, 0.6) is 5.88 Å². The molecule has 0 atom stereocenters. The first-order valence-corrected chi connectivity index (χ1v) is 9.29. The standard InChI is InChI=1S/C12H10NO.C4H9.Sn/c1-2-6-11(7-3-1)10-14-12-8-4-5-9-13-12;1-4(2)3;/h1-4,6-9H,10H2;1-3H3;. The van der Waals surface area contributed by atoms with E-state index in [4.69, 9.17) is 4.74 Å². The summed E-state index contributed by atoms with van der Waals surface area (Å²) in [6, 6.07) is 14.3. The Balaban J connectivity index is 1.92. The van der Waals surface area contributed by atoms with E-state index in [0.29, 0.717) is 15.9 Å². The molecule has 1 aromatic heterocycles. The zero-order valence-corrected chi connectivity index (χ0v) is 14.5. The van der Waals surface area contributed by atoms with E-state index in [-0.39, 0.29) is 0 Å². The van der Waals surface area contributed by atoms with Crippen molar-refractivity contribution in [1.29, 1.82) is 0 Å². The fourth-order valence-electron chi connectivity index (χ4n) is 1.70. The van der Waals surface area contributed by atoms with Crippen molar-refractivity contribution >= 4 is 24.7 Å². The molecule has 3 heteroatoms. The van der Waals surface area contributed by atoms with Crippen LogP contribution in [0.2, 0.25) is 3.43 Å². The molecular formula is C16H19NOSn. The Morgan fingerprint density at radius 3 is 2.37 bits per heavy atom. The van der Waals surface area contributed by atoms with Crippen LogP contribution in [-0.2, 0) is 6.61 Å². The molecule has 2 rings (SSSR count). The van der Waals surface area contributed by atoms with E-state index in [1.807, 2.05) is 30.5 Å². The molecule has 0 aliphatic rings. The summed E-state index contributed by atoms with van der Waals surface area (Å²) in [6.45, 7) is 7.49. The van der Waals surface area contributed by atoms with Crippen LogP contribution in [0.4, 0.5) is 0 Å². The van der Waals surface area contributed by atoms with E-state index in [0.717, 1.165) is 0 Å². The van der Waals surface area contributed by atoms with Gasteiger partial charge >= 0.3 is 125 Å². The number of hydrogen-bond acceptors (Lipinski definition) is 2. The van der Waals surface area contributed by atoms with Crippen molar-refractivity contribution in [3.05, 3.63) is 54.2 Å². The number of aromatic nitrogens is 1. The second kappa shape index (κ2) is 6.42. The van der Waals surface area contributed by atoms with Gasteiger partial charge in [0.2, 0.25) is 0 Å². The number of nitrogens with zero attached hydrogens (tertiary/aromatic N) is 1. The van der Waals surface area contributed by atoms with Crippen molar-refractivity contribution in [2.24, 2.45) is 0 Å². The molecule has 0 aliphatic heterocycles. The zero-order chi connectivity index (χ0) is 13.7. The minimum absolute atomic E-state index is 0.456. The summed E-state index contributed by atoms with van der Waals surface area (Å²) in [5.41, 5.74) is 1.17. The van der Waals surface area contributed by atoms with Crippen LogP contribution >= 0.6 is 0 Å². The van der Waals surface area contributed by atoms with Gasteiger partial charge in [-0.1, -0.05) is 0 Å². The third kappa shape index (κ3) is 5.23.